The molecule has 190 valence electrons. The van der Waals surface area contributed by atoms with Crippen molar-refractivity contribution in [3.63, 3.8) is 0 Å². The topological polar surface area (TPSA) is 122 Å². The van der Waals surface area contributed by atoms with E-state index in [9.17, 15) is 24.8 Å². The number of nitro benzene ring substituents is 1. The number of hydroxylamine groups is 1. The highest BCUT2D eigenvalue weighted by molar-refractivity contribution is 9.10. The van der Waals surface area contributed by atoms with Crippen LogP contribution in [0.4, 0.5) is 11.4 Å². The summed E-state index contributed by atoms with van der Waals surface area (Å²) in [6.45, 7) is 2.15. The van der Waals surface area contributed by atoms with E-state index >= 15 is 0 Å². The predicted octanol–water partition coefficient (Wildman–Crippen LogP) is 4.51. The third-order valence-electron chi connectivity index (χ3n) is 6.38. The molecule has 1 N–H and O–H groups in total. The predicted molar refractivity (Wildman–Crippen MR) is 136 cm³/mol. The van der Waals surface area contributed by atoms with E-state index in [-0.39, 0.29) is 30.3 Å². The molecule has 2 saturated heterocycles. The monoisotopic (exact) mass is 567 g/mol. The Labute approximate surface area is 220 Å². The highest BCUT2D eigenvalue weighted by atomic mass is 79.9. The van der Waals surface area contributed by atoms with E-state index in [4.69, 9.17) is 9.57 Å². The molecule has 3 aromatic rings. The highest BCUT2D eigenvalue weighted by Gasteiger charge is 2.60. The third kappa shape index (κ3) is 4.40. The normalized spacial score (nSPS) is 20.9. The van der Waals surface area contributed by atoms with Gasteiger partial charge in [0.2, 0.25) is 5.91 Å². The van der Waals surface area contributed by atoms with Crippen molar-refractivity contribution in [1.29, 1.82) is 0 Å². The fraction of sp³-hybridized carbons (Fsp3) is 0.231. The Hall–Kier alpha value is -3.96. The van der Waals surface area contributed by atoms with Crippen LogP contribution >= 0.6 is 15.9 Å². The van der Waals surface area contributed by atoms with Gasteiger partial charge in [-0.3, -0.25) is 29.4 Å². The number of imide groups is 1. The van der Waals surface area contributed by atoms with Crippen LogP contribution in [0.2, 0.25) is 0 Å². The van der Waals surface area contributed by atoms with Crippen LogP contribution in [0.5, 0.6) is 11.5 Å². The number of non-ortho nitro benzene ring substituents is 1. The highest BCUT2D eigenvalue weighted by Crippen LogP contribution is 2.49. The van der Waals surface area contributed by atoms with Crippen LogP contribution in [0.1, 0.15) is 24.1 Å². The molecule has 0 aliphatic carbocycles. The minimum atomic E-state index is -1.12. The Kier molecular flexibility index (Phi) is 6.57. The number of phenolic OH excluding ortho intramolecular Hbond substituents is 1. The summed E-state index contributed by atoms with van der Waals surface area (Å²) in [7, 11) is 0. The summed E-state index contributed by atoms with van der Waals surface area (Å²) in [5.41, 5.74) is 1.46. The molecule has 2 amide bonds. The van der Waals surface area contributed by atoms with Gasteiger partial charge in [0.05, 0.1) is 34.3 Å². The molecule has 3 unspecified atom stereocenters. The molecule has 37 heavy (non-hydrogen) atoms. The molecule has 0 aromatic heterocycles. The van der Waals surface area contributed by atoms with Gasteiger partial charge >= 0.3 is 0 Å². The number of halogens is 1. The van der Waals surface area contributed by atoms with Crippen LogP contribution in [0.25, 0.3) is 0 Å². The van der Waals surface area contributed by atoms with Crippen molar-refractivity contribution in [3.05, 3.63) is 92.4 Å². The number of ether oxygens (including phenoxy) is 1. The molecule has 11 heteroatoms. The number of fused-ring (bicyclic) bond motifs is 1. The lowest BCUT2D eigenvalue weighted by molar-refractivity contribution is -0.384. The number of phenols is 1. The van der Waals surface area contributed by atoms with Crippen LogP contribution in [0.3, 0.4) is 0 Å². The van der Waals surface area contributed by atoms with E-state index in [1.54, 1.807) is 25.1 Å². The van der Waals surface area contributed by atoms with Crippen molar-refractivity contribution in [2.45, 2.75) is 25.6 Å². The van der Waals surface area contributed by atoms with Gasteiger partial charge in [-0.1, -0.05) is 36.4 Å². The Morgan fingerprint density at radius 1 is 1.08 bits per heavy atom. The first-order valence-corrected chi connectivity index (χ1v) is 12.3. The van der Waals surface area contributed by atoms with E-state index in [1.807, 2.05) is 30.3 Å². The molecule has 0 bridgehead atoms. The van der Waals surface area contributed by atoms with Crippen LogP contribution in [0, 0.1) is 16.0 Å². The summed E-state index contributed by atoms with van der Waals surface area (Å²) in [6.07, 6.45) is -1.12. The lowest BCUT2D eigenvalue weighted by atomic mass is 9.90. The number of amides is 2. The average molecular weight is 568 g/mol. The van der Waals surface area contributed by atoms with Crippen molar-refractivity contribution in [2.75, 3.05) is 11.7 Å². The summed E-state index contributed by atoms with van der Waals surface area (Å²) in [5, 5.41) is 23.2. The molecule has 3 aromatic carbocycles. The minimum Gasteiger partial charge on any atom is -0.503 e. The fourth-order valence-corrected chi connectivity index (χ4v) is 5.19. The van der Waals surface area contributed by atoms with Crippen LogP contribution in [-0.4, -0.2) is 39.5 Å². The van der Waals surface area contributed by atoms with Gasteiger partial charge in [-0.05, 0) is 52.2 Å². The standard InChI is InChI=1S/C26H22BrN3O7/c1-2-36-20-12-16(11-19(27)23(20)31)22-21-24(37-29(22)17-9-6-10-18(13-17)30(34)35)26(33)28(25(21)32)14-15-7-4-3-5-8-15/h3-13,21-22,24,31H,2,14H2,1H3. The zero-order chi connectivity index (χ0) is 26.3. The van der Waals surface area contributed by atoms with Crippen molar-refractivity contribution < 1.29 is 29.2 Å². The third-order valence-corrected chi connectivity index (χ3v) is 6.98. The number of hydrogen-bond acceptors (Lipinski definition) is 8. The first-order chi connectivity index (χ1) is 17.8. The van der Waals surface area contributed by atoms with Gasteiger partial charge in [0, 0.05) is 12.1 Å². The van der Waals surface area contributed by atoms with E-state index < -0.39 is 34.8 Å². The van der Waals surface area contributed by atoms with Gasteiger partial charge in [-0.2, -0.15) is 0 Å². The summed E-state index contributed by atoms with van der Waals surface area (Å²) < 4.78 is 5.91. The number of likely N-dealkylation sites (tertiary alicyclic amines) is 1. The zero-order valence-electron chi connectivity index (χ0n) is 19.6. The molecule has 5 rings (SSSR count). The van der Waals surface area contributed by atoms with Gasteiger partial charge in [-0.25, -0.2) is 5.06 Å². The Bertz CT molecular complexity index is 1380. The smallest absolute Gasteiger partial charge is 0.271 e. The van der Waals surface area contributed by atoms with Gasteiger partial charge in [0.25, 0.3) is 11.6 Å². The van der Waals surface area contributed by atoms with E-state index in [0.29, 0.717) is 15.7 Å². The van der Waals surface area contributed by atoms with Crippen LogP contribution < -0.4 is 9.80 Å². The molecule has 2 aliphatic rings. The molecule has 10 nitrogen and oxygen atoms in total. The number of aromatic hydroxyl groups is 1. The maximum atomic E-state index is 13.7. The summed E-state index contributed by atoms with van der Waals surface area (Å²) in [6, 6.07) is 17.3. The van der Waals surface area contributed by atoms with E-state index in [1.165, 1.54) is 28.2 Å². The Morgan fingerprint density at radius 2 is 1.84 bits per heavy atom. The maximum Gasteiger partial charge on any atom is 0.271 e. The second-order valence-electron chi connectivity index (χ2n) is 8.63. The number of hydrogen-bond donors (Lipinski definition) is 1. The van der Waals surface area contributed by atoms with Gasteiger partial charge < -0.3 is 9.84 Å². The number of nitrogens with zero attached hydrogens (tertiary/aromatic N) is 3. The molecular weight excluding hydrogens is 546 g/mol. The van der Waals surface area contributed by atoms with Crippen molar-refractivity contribution in [1.82, 2.24) is 4.90 Å². The molecule has 2 aliphatic heterocycles. The summed E-state index contributed by atoms with van der Waals surface area (Å²) in [4.78, 5) is 45.2. The van der Waals surface area contributed by atoms with Gasteiger partial charge in [-0.15, -0.1) is 0 Å². The SMILES string of the molecule is CCOc1cc(C2C3C(=O)N(Cc4ccccc4)C(=O)C3ON2c2cccc([N+](=O)[O-])c2)cc(Br)c1O. The second-order valence-corrected chi connectivity index (χ2v) is 9.48. The number of carbonyl (C=O) groups excluding carboxylic acids is 2. The van der Waals surface area contributed by atoms with Crippen LogP contribution in [-0.2, 0) is 21.0 Å². The first-order valence-electron chi connectivity index (χ1n) is 11.5. The lowest BCUT2D eigenvalue weighted by Crippen LogP contribution is -2.37. The second kappa shape index (κ2) is 9.83. The number of rotatable bonds is 7. The van der Waals surface area contributed by atoms with Crippen molar-refractivity contribution in [2.24, 2.45) is 5.92 Å². The van der Waals surface area contributed by atoms with Crippen LogP contribution in [0.15, 0.2) is 71.2 Å². The quantitative estimate of drug-likeness (QED) is 0.251. The summed E-state index contributed by atoms with van der Waals surface area (Å²) >= 11 is 3.34. The van der Waals surface area contributed by atoms with Crippen molar-refractivity contribution in [3.8, 4) is 11.5 Å². The number of anilines is 1. The van der Waals surface area contributed by atoms with Gasteiger partial charge in [0.15, 0.2) is 17.6 Å². The Balaban J connectivity index is 1.59. The van der Waals surface area contributed by atoms with Gasteiger partial charge in [0.1, 0.15) is 5.92 Å². The fourth-order valence-electron chi connectivity index (χ4n) is 4.73. The average Bonchev–Trinajstić information content (AvgIpc) is 3.39. The number of carbonyl (C=O) groups is 2. The largest absolute Gasteiger partial charge is 0.503 e. The zero-order valence-corrected chi connectivity index (χ0v) is 21.2. The first kappa shape index (κ1) is 24.7. The molecule has 0 saturated carbocycles. The molecule has 2 heterocycles. The molecule has 0 spiro atoms. The minimum absolute atomic E-state index is 0.0991. The lowest BCUT2D eigenvalue weighted by Gasteiger charge is -2.29. The molecule has 2 fully saturated rings. The molecule has 0 radical (unpaired) electrons. The van der Waals surface area contributed by atoms with Crippen molar-refractivity contribution >= 4 is 39.1 Å². The molecule has 3 atom stereocenters. The van der Waals surface area contributed by atoms with E-state index in [0.717, 1.165) is 5.56 Å². The Morgan fingerprint density at radius 3 is 2.54 bits per heavy atom. The number of benzene rings is 3. The summed E-state index contributed by atoms with van der Waals surface area (Å²) in [5.74, 6) is -1.75. The maximum absolute atomic E-state index is 13.7. The molecular formula is C26H22BrN3O7. The van der Waals surface area contributed by atoms with E-state index in [2.05, 4.69) is 15.9 Å². The number of nitro groups is 1.